The molecule has 1 unspecified atom stereocenters. The predicted octanol–water partition coefficient (Wildman–Crippen LogP) is 1.56. The van der Waals surface area contributed by atoms with Gasteiger partial charge >= 0.3 is 0 Å². The van der Waals surface area contributed by atoms with Crippen molar-refractivity contribution in [2.75, 3.05) is 19.8 Å². The molecule has 0 bridgehead atoms. The molecule has 0 amide bonds. The highest BCUT2D eigenvalue weighted by Gasteiger charge is 2.42. The Morgan fingerprint density at radius 2 is 2.23 bits per heavy atom. The fraction of sp³-hybridized carbons (Fsp3) is 0.474. The van der Waals surface area contributed by atoms with Crippen LogP contribution in [-0.2, 0) is 9.53 Å². The lowest BCUT2D eigenvalue weighted by molar-refractivity contribution is -0.118. The molecule has 0 aromatic carbocycles. The number of hydrogen-bond acceptors (Lipinski definition) is 7. The fourth-order valence-corrected chi connectivity index (χ4v) is 3.61. The normalized spacial score (nSPS) is 21.9. The number of nitrogens with two attached hydrogens (primary N) is 1. The van der Waals surface area contributed by atoms with Gasteiger partial charge in [-0.2, -0.15) is 5.26 Å². The first-order valence-corrected chi connectivity index (χ1v) is 8.67. The highest BCUT2D eigenvalue weighted by molar-refractivity contribution is 6.00. The maximum atomic E-state index is 12.9. The maximum absolute atomic E-state index is 12.9. The van der Waals surface area contributed by atoms with Crippen LogP contribution >= 0.6 is 0 Å². The van der Waals surface area contributed by atoms with Crippen LogP contribution in [0.2, 0.25) is 0 Å². The van der Waals surface area contributed by atoms with E-state index in [1.54, 1.807) is 18.6 Å². The van der Waals surface area contributed by atoms with Gasteiger partial charge in [0.2, 0.25) is 0 Å². The van der Waals surface area contributed by atoms with Crippen LogP contribution < -0.4 is 11.1 Å². The molecule has 2 heterocycles. The third-order valence-electron chi connectivity index (χ3n) is 4.63. The second-order valence-corrected chi connectivity index (χ2v) is 7.37. The minimum absolute atomic E-state index is 0.0501. The van der Waals surface area contributed by atoms with Crippen LogP contribution in [0.15, 0.2) is 41.1 Å². The molecule has 0 fully saturated rings. The molecular formula is C19H23N5O2. The highest BCUT2D eigenvalue weighted by Crippen LogP contribution is 2.45. The number of ether oxygens (including phenoxy) is 1. The molecule has 0 spiro atoms. The predicted molar refractivity (Wildman–Crippen MR) is 95.5 cm³/mol. The first kappa shape index (κ1) is 18.2. The molecular weight excluding hydrogens is 330 g/mol. The summed E-state index contributed by atoms with van der Waals surface area (Å²) in [5.41, 5.74) is 8.56. The number of carbonyl (C=O) groups is 1. The Bertz CT molecular complexity index is 805. The van der Waals surface area contributed by atoms with Gasteiger partial charge in [0.05, 0.1) is 42.2 Å². The zero-order valence-electron chi connectivity index (χ0n) is 15.1. The number of hydrogen-bond donors (Lipinski definition) is 2. The number of nitriles is 1. The smallest absolute Gasteiger partial charge is 0.162 e. The first-order valence-electron chi connectivity index (χ1n) is 8.67. The zero-order chi connectivity index (χ0) is 18.7. The highest BCUT2D eigenvalue weighted by atomic mass is 16.5. The van der Waals surface area contributed by atoms with Gasteiger partial charge in [0, 0.05) is 42.8 Å². The largest absolute Gasteiger partial charge is 0.374 e. The van der Waals surface area contributed by atoms with Gasteiger partial charge < -0.3 is 15.8 Å². The Labute approximate surface area is 153 Å². The van der Waals surface area contributed by atoms with Crippen molar-refractivity contribution in [2.24, 2.45) is 11.1 Å². The van der Waals surface area contributed by atoms with E-state index in [2.05, 4.69) is 35.2 Å². The number of aromatic nitrogens is 2. The molecule has 2 aliphatic rings. The molecule has 7 nitrogen and oxygen atoms in total. The van der Waals surface area contributed by atoms with Gasteiger partial charge in [-0.15, -0.1) is 0 Å². The van der Waals surface area contributed by atoms with Crippen molar-refractivity contribution in [2.45, 2.75) is 32.6 Å². The average molecular weight is 353 g/mol. The second kappa shape index (κ2) is 7.36. The van der Waals surface area contributed by atoms with Crippen LogP contribution in [0.4, 0.5) is 0 Å². The average Bonchev–Trinajstić information content (AvgIpc) is 2.60. The zero-order valence-corrected chi connectivity index (χ0v) is 15.1. The van der Waals surface area contributed by atoms with Crippen molar-refractivity contribution < 1.29 is 9.53 Å². The molecule has 136 valence electrons. The van der Waals surface area contributed by atoms with Gasteiger partial charge in [-0.3, -0.25) is 14.8 Å². The Morgan fingerprint density at radius 3 is 2.88 bits per heavy atom. The number of rotatable bonds is 5. The van der Waals surface area contributed by atoms with E-state index in [9.17, 15) is 10.1 Å². The van der Waals surface area contributed by atoms with E-state index in [0.717, 1.165) is 12.1 Å². The minimum Gasteiger partial charge on any atom is -0.374 e. The molecule has 1 aliphatic heterocycles. The quantitative estimate of drug-likeness (QED) is 0.772. The lowest BCUT2D eigenvalue weighted by Crippen LogP contribution is -2.38. The van der Waals surface area contributed by atoms with E-state index in [1.165, 1.54) is 0 Å². The van der Waals surface area contributed by atoms with Crippen molar-refractivity contribution >= 4 is 5.78 Å². The third kappa shape index (κ3) is 3.52. The van der Waals surface area contributed by atoms with E-state index in [-0.39, 0.29) is 17.8 Å². The molecule has 0 saturated heterocycles. The SMILES string of the molecule is CC1(C)CC(=O)C2=C(C1)NC(COCCN)=C(C#N)C2c1cnccn1. The first-order chi connectivity index (χ1) is 12.5. The maximum Gasteiger partial charge on any atom is 0.162 e. The van der Waals surface area contributed by atoms with E-state index in [1.807, 2.05) is 0 Å². The van der Waals surface area contributed by atoms with Crippen LogP contribution in [0.5, 0.6) is 0 Å². The Hall–Kier alpha value is -2.56. The molecule has 0 saturated carbocycles. The van der Waals surface area contributed by atoms with E-state index in [0.29, 0.717) is 42.1 Å². The van der Waals surface area contributed by atoms with Gasteiger partial charge in [-0.1, -0.05) is 13.8 Å². The lowest BCUT2D eigenvalue weighted by atomic mass is 9.69. The molecule has 7 heteroatoms. The number of ketones is 1. The lowest BCUT2D eigenvalue weighted by Gasteiger charge is -2.38. The summed E-state index contributed by atoms with van der Waals surface area (Å²) in [6, 6.07) is 2.26. The van der Waals surface area contributed by atoms with Crippen molar-refractivity contribution in [1.29, 1.82) is 5.26 Å². The van der Waals surface area contributed by atoms with Gasteiger partial charge in [0.25, 0.3) is 0 Å². The number of dihydropyridines is 1. The molecule has 26 heavy (non-hydrogen) atoms. The Kier molecular flexibility index (Phi) is 5.16. The topological polar surface area (TPSA) is 114 Å². The molecule has 1 aromatic rings. The van der Waals surface area contributed by atoms with E-state index >= 15 is 0 Å². The van der Waals surface area contributed by atoms with Crippen LogP contribution in [-0.4, -0.2) is 35.5 Å². The molecule has 1 aliphatic carbocycles. The number of nitrogens with one attached hydrogen (secondary N) is 1. The number of Topliss-reactive ketones (excluding diaryl/α,β-unsaturated/α-hetero) is 1. The molecule has 1 aromatic heterocycles. The summed E-state index contributed by atoms with van der Waals surface area (Å²) in [6.45, 7) is 5.18. The molecule has 1 atom stereocenters. The number of nitrogens with zero attached hydrogens (tertiary/aromatic N) is 3. The summed E-state index contributed by atoms with van der Waals surface area (Å²) in [5, 5.41) is 13.1. The standard InChI is InChI=1S/C19H23N5O2/c1-19(2)7-13-18(16(25)8-19)17(14-10-22-4-5-23-14)12(9-21)15(24-13)11-26-6-3-20/h4-5,10,17,24H,3,6-8,11,20H2,1-2H3. The van der Waals surface area contributed by atoms with Crippen LogP contribution in [0.1, 0.15) is 38.3 Å². The van der Waals surface area contributed by atoms with Gasteiger partial charge in [-0.25, -0.2) is 0 Å². The molecule has 0 radical (unpaired) electrons. The summed E-state index contributed by atoms with van der Waals surface area (Å²) < 4.78 is 5.56. The molecule has 3 N–H and O–H groups in total. The summed E-state index contributed by atoms with van der Waals surface area (Å²) in [7, 11) is 0. The number of allylic oxidation sites excluding steroid dienone is 3. The Morgan fingerprint density at radius 1 is 1.42 bits per heavy atom. The van der Waals surface area contributed by atoms with Crippen LogP contribution in [0.25, 0.3) is 0 Å². The van der Waals surface area contributed by atoms with Crippen molar-refractivity contribution in [3.05, 3.63) is 46.8 Å². The van der Waals surface area contributed by atoms with Crippen molar-refractivity contribution in [1.82, 2.24) is 15.3 Å². The van der Waals surface area contributed by atoms with Gasteiger partial charge in [0.1, 0.15) is 0 Å². The van der Waals surface area contributed by atoms with Crippen LogP contribution in [0, 0.1) is 16.7 Å². The fourth-order valence-electron chi connectivity index (χ4n) is 3.61. The van der Waals surface area contributed by atoms with Crippen molar-refractivity contribution in [3.63, 3.8) is 0 Å². The number of carbonyl (C=O) groups excluding carboxylic acids is 1. The van der Waals surface area contributed by atoms with Gasteiger partial charge in [0.15, 0.2) is 5.78 Å². The summed E-state index contributed by atoms with van der Waals surface area (Å²) in [4.78, 5) is 21.4. The summed E-state index contributed by atoms with van der Waals surface area (Å²) in [5.74, 6) is -0.459. The van der Waals surface area contributed by atoms with Gasteiger partial charge in [-0.05, 0) is 11.8 Å². The second-order valence-electron chi connectivity index (χ2n) is 7.37. The summed E-state index contributed by atoms with van der Waals surface area (Å²) >= 11 is 0. The summed E-state index contributed by atoms with van der Waals surface area (Å²) in [6.07, 6.45) is 5.94. The van der Waals surface area contributed by atoms with Crippen LogP contribution in [0.3, 0.4) is 0 Å². The molecule has 3 rings (SSSR count). The van der Waals surface area contributed by atoms with Crippen molar-refractivity contribution in [3.8, 4) is 6.07 Å². The van der Waals surface area contributed by atoms with E-state index in [4.69, 9.17) is 10.5 Å². The monoisotopic (exact) mass is 353 g/mol. The third-order valence-corrected chi connectivity index (χ3v) is 4.63. The Balaban J connectivity index is 2.09. The van der Waals surface area contributed by atoms with E-state index < -0.39 is 5.92 Å². The minimum atomic E-state index is -0.509.